The van der Waals surface area contributed by atoms with E-state index in [1.54, 1.807) is 31.4 Å². The Kier molecular flexibility index (Phi) is 10.1. The molecule has 0 spiro atoms. The number of piperidine rings is 1. The van der Waals surface area contributed by atoms with Crippen LogP contribution in [0.3, 0.4) is 0 Å². The molecule has 0 amide bonds. The summed E-state index contributed by atoms with van der Waals surface area (Å²) in [5, 5.41) is 21.3. The van der Waals surface area contributed by atoms with Crippen LogP contribution in [-0.2, 0) is 4.79 Å². The molecule has 9 heteroatoms. The van der Waals surface area contributed by atoms with Gasteiger partial charge in [-0.25, -0.2) is 9.97 Å². The van der Waals surface area contributed by atoms with Gasteiger partial charge in [0.05, 0.1) is 18.7 Å². The Bertz CT molecular complexity index is 1150. The number of aliphatic hydroxyl groups is 1. The highest BCUT2D eigenvalue weighted by molar-refractivity contribution is 7.99. The summed E-state index contributed by atoms with van der Waals surface area (Å²) < 4.78 is 5.37. The first-order chi connectivity index (χ1) is 18.0. The number of pyridine rings is 1. The Labute approximate surface area is 222 Å². The zero-order valence-electron chi connectivity index (χ0n) is 21.3. The summed E-state index contributed by atoms with van der Waals surface area (Å²) in [7, 11) is 1.63. The van der Waals surface area contributed by atoms with Crippen LogP contribution in [0.4, 0.5) is 0 Å². The van der Waals surface area contributed by atoms with Crippen LogP contribution in [0.5, 0.6) is 5.75 Å². The third-order valence-corrected chi connectivity index (χ3v) is 8.32. The number of rotatable bonds is 13. The maximum atomic E-state index is 11.3. The van der Waals surface area contributed by atoms with E-state index in [1.807, 2.05) is 36.7 Å². The van der Waals surface area contributed by atoms with Gasteiger partial charge in [0.15, 0.2) is 0 Å². The van der Waals surface area contributed by atoms with Crippen molar-refractivity contribution >= 4 is 28.6 Å². The van der Waals surface area contributed by atoms with Crippen molar-refractivity contribution in [1.29, 1.82) is 0 Å². The average Bonchev–Trinajstić information content (AvgIpc) is 2.93. The van der Waals surface area contributed by atoms with Gasteiger partial charge in [-0.3, -0.25) is 9.78 Å². The normalized spacial score (nSPS) is 19.1. The number of ether oxygens (including phenoxy) is 1. The van der Waals surface area contributed by atoms with Gasteiger partial charge in [-0.1, -0.05) is 0 Å². The van der Waals surface area contributed by atoms with Crippen LogP contribution in [0.15, 0.2) is 54.1 Å². The number of aromatic nitrogens is 3. The molecule has 2 aromatic heterocycles. The summed E-state index contributed by atoms with van der Waals surface area (Å²) in [6.07, 6.45) is 10.8. The molecule has 0 aliphatic carbocycles. The zero-order valence-corrected chi connectivity index (χ0v) is 22.1. The molecule has 0 unspecified atom stereocenters. The topological polar surface area (TPSA) is 109 Å². The average molecular weight is 525 g/mol. The Morgan fingerprint density at radius 3 is 2.84 bits per heavy atom. The summed E-state index contributed by atoms with van der Waals surface area (Å²) in [4.78, 5) is 27.4. The van der Waals surface area contributed by atoms with Gasteiger partial charge >= 0.3 is 5.97 Å². The van der Waals surface area contributed by atoms with E-state index in [9.17, 15) is 15.0 Å². The Morgan fingerprint density at radius 1 is 1.22 bits per heavy atom. The minimum Gasteiger partial charge on any atom is -0.497 e. The van der Waals surface area contributed by atoms with Gasteiger partial charge in [-0.2, -0.15) is 0 Å². The second kappa shape index (κ2) is 13.7. The highest BCUT2D eigenvalue weighted by Gasteiger charge is 2.30. The number of carboxylic acids is 1. The van der Waals surface area contributed by atoms with E-state index in [0.29, 0.717) is 24.7 Å². The maximum absolute atomic E-state index is 11.3. The van der Waals surface area contributed by atoms with Crippen LogP contribution in [-0.4, -0.2) is 68.5 Å². The lowest BCUT2D eigenvalue weighted by atomic mass is 9.79. The molecule has 1 aromatic carbocycles. The van der Waals surface area contributed by atoms with Gasteiger partial charge in [-0.05, 0) is 92.6 Å². The van der Waals surface area contributed by atoms with Crippen LogP contribution in [0.1, 0.15) is 50.2 Å². The number of fused-ring (bicyclic) bond motifs is 1. The third kappa shape index (κ3) is 7.87. The highest BCUT2D eigenvalue weighted by Crippen LogP contribution is 2.35. The Morgan fingerprint density at radius 2 is 2.05 bits per heavy atom. The minimum absolute atomic E-state index is 0.191. The number of aliphatic carboxylic acids is 1. The molecule has 0 radical (unpaired) electrons. The fourth-order valence-electron chi connectivity index (χ4n) is 5.30. The predicted octanol–water partition coefficient (Wildman–Crippen LogP) is 4.83. The molecule has 1 aliphatic heterocycles. The van der Waals surface area contributed by atoms with E-state index in [2.05, 4.69) is 19.9 Å². The Hall–Kier alpha value is -2.75. The van der Waals surface area contributed by atoms with Crippen LogP contribution in [0.25, 0.3) is 10.9 Å². The first kappa shape index (κ1) is 27.3. The van der Waals surface area contributed by atoms with Gasteiger partial charge in [0.25, 0.3) is 0 Å². The largest absolute Gasteiger partial charge is 0.497 e. The molecule has 37 heavy (non-hydrogen) atoms. The molecule has 198 valence electrons. The molecule has 0 bridgehead atoms. The number of benzene rings is 1. The maximum Gasteiger partial charge on any atom is 0.303 e. The molecular formula is C28H36N4O4S. The fourth-order valence-corrected chi connectivity index (χ4v) is 6.08. The molecule has 3 atom stereocenters. The molecule has 1 aliphatic rings. The quantitative estimate of drug-likeness (QED) is 0.240. The minimum atomic E-state index is -0.741. The van der Waals surface area contributed by atoms with Crippen molar-refractivity contribution in [2.75, 3.05) is 32.5 Å². The Balaban J connectivity index is 1.32. The van der Waals surface area contributed by atoms with Crippen molar-refractivity contribution in [2.24, 2.45) is 11.8 Å². The van der Waals surface area contributed by atoms with Crippen LogP contribution >= 0.6 is 11.8 Å². The number of aliphatic hydroxyl groups excluding tert-OH is 1. The second-order valence-corrected chi connectivity index (χ2v) is 10.9. The molecule has 3 aromatic rings. The van der Waals surface area contributed by atoms with Crippen molar-refractivity contribution in [1.82, 2.24) is 19.9 Å². The summed E-state index contributed by atoms with van der Waals surface area (Å²) >= 11 is 1.77. The van der Waals surface area contributed by atoms with Gasteiger partial charge in [0.2, 0.25) is 0 Å². The SMILES string of the molecule is COc1ccc2nccc([C@H](O)CC[C@@H]3CCN(CCCSc4cncnc4)C[C@H]3CCC(=O)O)c2c1. The number of carboxylic acid groups (broad SMARTS) is 1. The van der Waals surface area contributed by atoms with Crippen LogP contribution in [0, 0.1) is 11.8 Å². The second-order valence-electron chi connectivity index (χ2n) is 9.69. The third-order valence-electron chi connectivity index (χ3n) is 7.28. The van der Waals surface area contributed by atoms with Crippen molar-refractivity contribution in [3.63, 3.8) is 0 Å². The van der Waals surface area contributed by atoms with Crippen LogP contribution < -0.4 is 4.74 Å². The molecule has 0 saturated carbocycles. The first-order valence-corrected chi connectivity index (χ1v) is 13.9. The molecule has 8 nitrogen and oxygen atoms in total. The van der Waals surface area contributed by atoms with Gasteiger partial charge in [0.1, 0.15) is 12.1 Å². The molecule has 3 heterocycles. The predicted molar refractivity (Wildman–Crippen MR) is 145 cm³/mol. The van der Waals surface area contributed by atoms with E-state index in [-0.39, 0.29) is 6.42 Å². The van der Waals surface area contributed by atoms with Gasteiger partial charge in [0, 0.05) is 41.8 Å². The number of methoxy groups -OCH3 is 1. The number of hydrogen-bond acceptors (Lipinski definition) is 8. The van der Waals surface area contributed by atoms with E-state index in [0.717, 1.165) is 71.8 Å². The van der Waals surface area contributed by atoms with E-state index in [1.165, 1.54) is 0 Å². The van der Waals surface area contributed by atoms with Crippen molar-refractivity contribution in [3.8, 4) is 5.75 Å². The summed E-state index contributed by atoms with van der Waals surface area (Å²) in [5.74, 6) is 1.73. The zero-order chi connectivity index (χ0) is 26.0. The summed E-state index contributed by atoms with van der Waals surface area (Å²) in [6, 6.07) is 7.60. The number of hydrogen-bond donors (Lipinski definition) is 2. The smallest absolute Gasteiger partial charge is 0.303 e. The van der Waals surface area contributed by atoms with Crippen molar-refractivity contribution in [3.05, 3.63) is 54.7 Å². The lowest BCUT2D eigenvalue weighted by Crippen LogP contribution is -2.41. The highest BCUT2D eigenvalue weighted by atomic mass is 32.2. The fraction of sp³-hybridized carbons (Fsp3) is 0.500. The first-order valence-electron chi connectivity index (χ1n) is 13.0. The lowest BCUT2D eigenvalue weighted by molar-refractivity contribution is -0.137. The molecule has 1 fully saturated rings. The van der Waals surface area contributed by atoms with Crippen molar-refractivity contribution in [2.45, 2.75) is 49.5 Å². The van der Waals surface area contributed by atoms with Gasteiger partial charge < -0.3 is 19.8 Å². The van der Waals surface area contributed by atoms with E-state index < -0.39 is 12.1 Å². The number of carbonyl (C=O) groups is 1. The standard InChI is InChI=1S/C28H36N4O4S/c1-36-22-5-6-26-25(15-22)24(9-11-31-26)27(33)7-3-20-10-13-32(18-21(20)4-8-28(34)35)12-2-14-37-23-16-29-19-30-17-23/h5-6,9,11,15-17,19-21,27,33H,2-4,7-8,10,12-14,18H2,1H3,(H,34,35)/t20-,21-,27-/m1/s1. The molecular weight excluding hydrogens is 488 g/mol. The number of nitrogens with zero attached hydrogens (tertiary/aromatic N) is 4. The lowest BCUT2D eigenvalue weighted by Gasteiger charge is -2.39. The molecule has 1 saturated heterocycles. The number of thioether (sulfide) groups is 1. The summed E-state index contributed by atoms with van der Waals surface area (Å²) in [6.45, 7) is 2.94. The molecule has 2 N–H and O–H groups in total. The van der Waals surface area contributed by atoms with E-state index >= 15 is 0 Å². The summed E-state index contributed by atoms with van der Waals surface area (Å²) in [5.41, 5.74) is 1.70. The van der Waals surface area contributed by atoms with E-state index in [4.69, 9.17) is 4.74 Å². The van der Waals surface area contributed by atoms with Gasteiger partial charge in [-0.15, -0.1) is 11.8 Å². The molecule has 4 rings (SSSR count). The van der Waals surface area contributed by atoms with Crippen molar-refractivity contribution < 1.29 is 19.7 Å². The monoisotopic (exact) mass is 524 g/mol. The number of likely N-dealkylation sites (tertiary alicyclic amines) is 1. The van der Waals surface area contributed by atoms with Crippen LogP contribution in [0.2, 0.25) is 0 Å².